The van der Waals surface area contributed by atoms with E-state index >= 15 is 0 Å². The molecular weight excluding hydrogens is 330 g/mol. The molecule has 2 fully saturated rings. The molecule has 2 N–H and O–H groups in total. The van der Waals surface area contributed by atoms with Crippen molar-refractivity contribution in [1.82, 2.24) is 15.1 Å². The fraction of sp³-hybridized carbons (Fsp3) is 0.529. The highest BCUT2D eigenvalue weighted by Crippen LogP contribution is 2.46. The van der Waals surface area contributed by atoms with Gasteiger partial charge in [-0.15, -0.1) is 0 Å². The van der Waals surface area contributed by atoms with Gasteiger partial charge in [-0.3, -0.25) is 4.79 Å². The lowest BCUT2D eigenvalue weighted by Crippen LogP contribution is -2.47. The number of hydrogen-bond donors (Lipinski definition) is 2. The van der Waals surface area contributed by atoms with Crippen LogP contribution in [0, 0.1) is 0 Å². The molecule has 0 bridgehead atoms. The van der Waals surface area contributed by atoms with Crippen molar-refractivity contribution < 1.29 is 14.7 Å². The highest BCUT2D eigenvalue weighted by molar-refractivity contribution is 6.30. The van der Waals surface area contributed by atoms with Crippen molar-refractivity contribution in [3.05, 3.63) is 34.9 Å². The Morgan fingerprint density at radius 2 is 1.92 bits per heavy atom. The van der Waals surface area contributed by atoms with Crippen LogP contribution in [0.1, 0.15) is 25.3 Å². The van der Waals surface area contributed by atoms with Gasteiger partial charge in [0.2, 0.25) is 5.91 Å². The summed E-state index contributed by atoms with van der Waals surface area (Å²) in [7, 11) is 0. The lowest BCUT2D eigenvalue weighted by Gasteiger charge is -2.26. The van der Waals surface area contributed by atoms with E-state index in [1.54, 1.807) is 9.80 Å². The number of carbonyl (C=O) groups is 2. The molecule has 1 aromatic rings. The van der Waals surface area contributed by atoms with Crippen LogP contribution in [0.15, 0.2) is 24.3 Å². The number of halogens is 1. The number of hydrogen-bond acceptors (Lipinski definition) is 3. The number of aliphatic hydroxyl groups is 1. The van der Waals surface area contributed by atoms with Crippen LogP contribution in [0.4, 0.5) is 4.79 Å². The van der Waals surface area contributed by atoms with Crippen LogP contribution in [0.3, 0.4) is 0 Å². The van der Waals surface area contributed by atoms with Crippen molar-refractivity contribution >= 4 is 23.5 Å². The van der Waals surface area contributed by atoms with E-state index in [1.165, 1.54) is 6.92 Å². The zero-order valence-corrected chi connectivity index (χ0v) is 14.4. The van der Waals surface area contributed by atoms with Gasteiger partial charge in [0, 0.05) is 31.6 Å². The lowest BCUT2D eigenvalue weighted by molar-refractivity contribution is -0.129. The van der Waals surface area contributed by atoms with Crippen LogP contribution in [0.5, 0.6) is 0 Å². The van der Waals surface area contributed by atoms with E-state index < -0.39 is 6.10 Å². The molecular formula is C17H22ClN3O3. The maximum atomic E-state index is 12.7. The van der Waals surface area contributed by atoms with Gasteiger partial charge in [-0.25, -0.2) is 4.79 Å². The third kappa shape index (κ3) is 3.65. The fourth-order valence-electron chi connectivity index (χ4n) is 3.14. The first-order valence-electron chi connectivity index (χ1n) is 8.16. The molecule has 1 aromatic carbocycles. The average Bonchev–Trinajstić information content (AvgIpc) is 3.31. The number of carbonyl (C=O) groups excluding carboxylic acids is 2. The minimum atomic E-state index is -0.733. The second kappa shape index (κ2) is 6.61. The highest BCUT2D eigenvalue weighted by atomic mass is 35.5. The zero-order chi connectivity index (χ0) is 17.3. The van der Waals surface area contributed by atoms with Crippen molar-refractivity contribution in [3.8, 4) is 0 Å². The molecule has 1 aliphatic heterocycles. The minimum absolute atomic E-state index is 0.0890. The second-order valence-electron chi connectivity index (χ2n) is 6.59. The number of nitrogens with one attached hydrogen (secondary N) is 1. The maximum Gasteiger partial charge on any atom is 0.318 e. The number of benzene rings is 1. The second-order valence-corrected chi connectivity index (χ2v) is 7.02. The summed E-state index contributed by atoms with van der Waals surface area (Å²) in [6.45, 7) is 2.80. The molecule has 24 heavy (non-hydrogen) atoms. The molecule has 6 nitrogen and oxygen atoms in total. The van der Waals surface area contributed by atoms with Gasteiger partial charge in [0.05, 0.1) is 18.2 Å². The van der Waals surface area contributed by atoms with E-state index in [-0.39, 0.29) is 30.6 Å². The number of amides is 3. The Balaban J connectivity index is 1.67. The predicted octanol–water partition coefficient (Wildman–Crippen LogP) is 1.56. The Labute approximate surface area is 146 Å². The van der Waals surface area contributed by atoms with Gasteiger partial charge < -0.3 is 20.2 Å². The van der Waals surface area contributed by atoms with Crippen molar-refractivity contribution in [2.75, 3.05) is 26.2 Å². The van der Waals surface area contributed by atoms with Crippen LogP contribution in [-0.2, 0) is 10.3 Å². The van der Waals surface area contributed by atoms with E-state index in [9.17, 15) is 14.7 Å². The topological polar surface area (TPSA) is 72.9 Å². The predicted molar refractivity (Wildman–Crippen MR) is 90.7 cm³/mol. The van der Waals surface area contributed by atoms with Crippen LogP contribution < -0.4 is 5.32 Å². The van der Waals surface area contributed by atoms with Gasteiger partial charge >= 0.3 is 6.03 Å². The van der Waals surface area contributed by atoms with Crippen molar-refractivity contribution in [2.45, 2.75) is 31.4 Å². The maximum absolute atomic E-state index is 12.7. The summed E-state index contributed by atoms with van der Waals surface area (Å²) in [6.07, 6.45) is 1.01. The molecule has 0 unspecified atom stereocenters. The third-order valence-electron chi connectivity index (χ3n) is 4.71. The summed E-state index contributed by atoms with van der Waals surface area (Å²) < 4.78 is 0. The van der Waals surface area contributed by atoms with E-state index in [1.807, 2.05) is 24.3 Å². The standard InChI is InChI=1S/C17H22ClN3O3/c1-12(22)20-7-8-21(11-15(23)10-20)16(24)19-17(5-6-17)13-3-2-4-14(18)9-13/h2-4,9,15,23H,5-8,10-11H2,1H3,(H,19,24)/t15-/m1/s1. The molecule has 1 atom stereocenters. The highest BCUT2D eigenvalue weighted by Gasteiger charge is 2.46. The van der Waals surface area contributed by atoms with Gasteiger partial charge in [-0.2, -0.15) is 0 Å². The summed E-state index contributed by atoms with van der Waals surface area (Å²) in [5.41, 5.74) is 0.642. The van der Waals surface area contributed by atoms with Crippen LogP contribution in [0.25, 0.3) is 0 Å². The molecule has 1 heterocycles. The smallest absolute Gasteiger partial charge is 0.318 e. The van der Waals surface area contributed by atoms with Crippen LogP contribution in [0.2, 0.25) is 5.02 Å². The molecule has 1 aliphatic carbocycles. The van der Waals surface area contributed by atoms with Crippen molar-refractivity contribution in [1.29, 1.82) is 0 Å². The summed E-state index contributed by atoms with van der Waals surface area (Å²) >= 11 is 6.06. The molecule has 3 amide bonds. The third-order valence-corrected chi connectivity index (χ3v) is 4.94. The van der Waals surface area contributed by atoms with E-state index in [0.717, 1.165) is 18.4 Å². The monoisotopic (exact) mass is 351 g/mol. The first-order valence-corrected chi connectivity index (χ1v) is 8.54. The lowest BCUT2D eigenvalue weighted by atomic mass is 10.1. The Kier molecular flexibility index (Phi) is 4.69. The van der Waals surface area contributed by atoms with E-state index in [4.69, 9.17) is 11.6 Å². The first-order chi connectivity index (χ1) is 11.4. The Morgan fingerprint density at radius 1 is 1.25 bits per heavy atom. The van der Waals surface area contributed by atoms with Gasteiger partial charge in [-0.1, -0.05) is 23.7 Å². The van der Waals surface area contributed by atoms with Gasteiger partial charge in [0.1, 0.15) is 0 Å². The Bertz CT molecular complexity index is 648. The van der Waals surface area contributed by atoms with Crippen molar-refractivity contribution in [2.24, 2.45) is 0 Å². The Hall–Kier alpha value is -1.79. The van der Waals surface area contributed by atoms with Gasteiger partial charge in [-0.05, 0) is 30.5 Å². The molecule has 0 aromatic heterocycles. The summed E-state index contributed by atoms with van der Waals surface area (Å²) in [4.78, 5) is 27.3. The zero-order valence-electron chi connectivity index (χ0n) is 13.7. The molecule has 130 valence electrons. The van der Waals surface area contributed by atoms with Gasteiger partial charge in [0.25, 0.3) is 0 Å². The Morgan fingerprint density at radius 3 is 2.54 bits per heavy atom. The average molecular weight is 352 g/mol. The minimum Gasteiger partial charge on any atom is -0.389 e. The van der Waals surface area contributed by atoms with Crippen LogP contribution in [-0.4, -0.2) is 59.1 Å². The molecule has 2 aliphatic rings. The number of β-amino-alcohol motifs (C(OH)–C–C–N with tert-alkyl or cyclic N) is 1. The SMILES string of the molecule is CC(=O)N1CCN(C(=O)NC2(c3cccc(Cl)c3)CC2)C[C@H](O)C1. The van der Waals surface area contributed by atoms with E-state index in [0.29, 0.717) is 18.1 Å². The number of rotatable bonds is 2. The molecule has 1 saturated heterocycles. The largest absolute Gasteiger partial charge is 0.389 e. The quantitative estimate of drug-likeness (QED) is 0.849. The molecule has 1 saturated carbocycles. The molecule has 7 heteroatoms. The summed E-state index contributed by atoms with van der Waals surface area (Å²) in [6, 6.07) is 7.32. The summed E-state index contributed by atoms with van der Waals surface area (Å²) in [5, 5.41) is 13.8. The molecule has 0 radical (unpaired) electrons. The number of urea groups is 1. The van der Waals surface area contributed by atoms with Crippen molar-refractivity contribution in [3.63, 3.8) is 0 Å². The molecule has 0 spiro atoms. The fourth-order valence-corrected chi connectivity index (χ4v) is 3.33. The van der Waals surface area contributed by atoms with Crippen LogP contribution >= 0.6 is 11.6 Å². The molecule has 3 rings (SSSR count). The number of aliphatic hydroxyl groups excluding tert-OH is 1. The van der Waals surface area contributed by atoms with Gasteiger partial charge in [0.15, 0.2) is 0 Å². The number of nitrogens with zero attached hydrogens (tertiary/aromatic N) is 2. The summed E-state index contributed by atoms with van der Waals surface area (Å²) in [5.74, 6) is -0.0890. The van der Waals surface area contributed by atoms with E-state index in [2.05, 4.69) is 5.32 Å². The first kappa shape index (κ1) is 17.0. The normalized spacial score (nSPS) is 22.7.